The lowest BCUT2D eigenvalue weighted by molar-refractivity contribution is -0.239. The average molecular weight is 369 g/mol. The van der Waals surface area contributed by atoms with E-state index in [4.69, 9.17) is 0 Å². The molecule has 0 fully saturated rings. The Morgan fingerprint density at radius 3 is 2.33 bits per heavy atom. The Hall–Kier alpha value is -1.91. The number of nitrogens with zero attached hydrogens (tertiary/aromatic N) is 3. The predicted octanol–water partition coefficient (Wildman–Crippen LogP) is 3.54. The van der Waals surface area contributed by atoms with Gasteiger partial charge in [-0.2, -0.15) is 22.0 Å². The van der Waals surface area contributed by atoms with E-state index < -0.39 is 45.4 Å². The minimum Gasteiger partial charge on any atom is -0.244 e. The summed E-state index contributed by atoms with van der Waals surface area (Å²) in [6, 6.07) is 7.58. The summed E-state index contributed by atoms with van der Waals surface area (Å²) in [6.07, 6.45) is -7.81. The van der Waals surface area contributed by atoms with Gasteiger partial charge in [0, 0.05) is 6.42 Å². The molecule has 1 aromatic carbocycles. The lowest BCUT2D eigenvalue weighted by Gasteiger charge is -2.17. The zero-order chi connectivity index (χ0) is 17.7. The van der Waals surface area contributed by atoms with E-state index in [1.54, 1.807) is 30.3 Å². The van der Waals surface area contributed by atoms with E-state index in [0.717, 1.165) is 4.68 Å². The lowest BCUT2D eigenvalue weighted by atomic mass is 10.0. The third-order valence-electron chi connectivity index (χ3n) is 3.56. The molecule has 4 nitrogen and oxygen atoms in total. The zero-order valence-electron chi connectivity index (χ0n) is 11.7. The Labute approximate surface area is 134 Å². The summed E-state index contributed by atoms with van der Waals surface area (Å²) in [5, 5.41) is -3.30. The van der Waals surface area contributed by atoms with Gasteiger partial charge in [-0.15, -0.1) is 5.10 Å². The van der Waals surface area contributed by atoms with Crippen molar-refractivity contribution in [2.24, 2.45) is 0 Å². The standard InChI is InChI=1S/C13H9F6N3OS/c14-8-6-9(7-4-2-1-3-5-7)22-10(8)20-11(21-22)24(23)13(18,19)12(15,16)17/h1-5,8-9H,6H2. The summed E-state index contributed by atoms with van der Waals surface area (Å²) < 4.78 is 89.8. The van der Waals surface area contributed by atoms with Crippen LogP contribution >= 0.6 is 0 Å². The Morgan fingerprint density at radius 2 is 1.75 bits per heavy atom. The van der Waals surface area contributed by atoms with Crippen LogP contribution in [-0.2, 0) is 10.8 Å². The molecule has 1 aliphatic heterocycles. The maximum Gasteiger partial charge on any atom is 0.467 e. The van der Waals surface area contributed by atoms with Crippen LogP contribution in [0, 0.1) is 0 Å². The first-order chi connectivity index (χ1) is 11.1. The Morgan fingerprint density at radius 1 is 1.12 bits per heavy atom. The Kier molecular flexibility index (Phi) is 3.93. The van der Waals surface area contributed by atoms with Crippen LogP contribution in [0.25, 0.3) is 0 Å². The fraction of sp³-hybridized carbons (Fsp3) is 0.385. The van der Waals surface area contributed by atoms with E-state index in [2.05, 4.69) is 10.1 Å². The van der Waals surface area contributed by atoms with Crippen LogP contribution in [0.3, 0.4) is 0 Å². The highest BCUT2D eigenvalue weighted by atomic mass is 32.2. The molecule has 2 aromatic rings. The van der Waals surface area contributed by atoms with Crippen LogP contribution in [0.5, 0.6) is 0 Å². The average Bonchev–Trinajstić information content (AvgIpc) is 3.07. The van der Waals surface area contributed by atoms with Gasteiger partial charge in [0.1, 0.15) is 0 Å². The van der Waals surface area contributed by atoms with Gasteiger partial charge < -0.3 is 0 Å². The van der Waals surface area contributed by atoms with Crippen LogP contribution in [0.2, 0.25) is 0 Å². The third kappa shape index (κ3) is 2.60. The minimum absolute atomic E-state index is 0.0814. The number of benzene rings is 1. The summed E-state index contributed by atoms with van der Waals surface area (Å²) in [7, 11) is -3.87. The molecule has 3 atom stereocenters. The van der Waals surface area contributed by atoms with Crippen molar-refractivity contribution in [1.29, 1.82) is 0 Å². The monoisotopic (exact) mass is 369 g/mol. The van der Waals surface area contributed by atoms with Crippen LogP contribution < -0.4 is 0 Å². The number of hydrogen-bond donors (Lipinski definition) is 0. The number of halogens is 6. The van der Waals surface area contributed by atoms with Crippen molar-refractivity contribution >= 4 is 10.8 Å². The summed E-state index contributed by atoms with van der Waals surface area (Å²) in [5.41, 5.74) is 0.587. The van der Waals surface area contributed by atoms with Crippen LogP contribution in [-0.4, -0.2) is 30.4 Å². The maximum atomic E-state index is 14.0. The molecule has 0 bridgehead atoms. The van der Waals surface area contributed by atoms with Gasteiger partial charge >= 0.3 is 11.4 Å². The van der Waals surface area contributed by atoms with E-state index in [1.807, 2.05) is 0 Å². The molecule has 0 saturated heterocycles. The second-order valence-corrected chi connectivity index (χ2v) is 6.53. The quantitative estimate of drug-likeness (QED) is 0.778. The fourth-order valence-electron chi connectivity index (χ4n) is 2.41. The van der Waals surface area contributed by atoms with Gasteiger partial charge in [0.05, 0.1) is 6.04 Å². The second kappa shape index (κ2) is 5.57. The minimum atomic E-state index is -6.03. The van der Waals surface area contributed by atoms with Crippen molar-refractivity contribution in [1.82, 2.24) is 14.8 Å². The van der Waals surface area contributed by atoms with E-state index in [0.29, 0.717) is 5.56 Å². The Bertz CT molecular complexity index is 776. The molecule has 2 heterocycles. The van der Waals surface area contributed by atoms with E-state index in [9.17, 15) is 30.6 Å². The second-order valence-electron chi connectivity index (χ2n) is 5.11. The van der Waals surface area contributed by atoms with Gasteiger partial charge in [0.2, 0.25) is 5.16 Å². The SMILES string of the molecule is O=S(c1nc2n(n1)C(c1ccccc1)CC2F)C(F)(F)C(F)(F)F. The molecule has 0 N–H and O–H groups in total. The van der Waals surface area contributed by atoms with E-state index >= 15 is 0 Å². The number of aromatic nitrogens is 3. The lowest BCUT2D eigenvalue weighted by Crippen LogP contribution is -2.40. The summed E-state index contributed by atoms with van der Waals surface area (Å²) in [5.74, 6) is -0.412. The molecule has 0 saturated carbocycles. The molecule has 3 rings (SSSR count). The molecule has 130 valence electrons. The topological polar surface area (TPSA) is 47.8 Å². The molecule has 3 unspecified atom stereocenters. The number of alkyl halides is 6. The smallest absolute Gasteiger partial charge is 0.244 e. The highest BCUT2D eigenvalue weighted by molar-refractivity contribution is 7.86. The molecular formula is C13H9F6N3OS. The number of fused-ring (bicyclic) bond motifs is 1. The molecule has 11 heteroatoms. The van der Waals surface area contributed by atoms with Crippen LogP contribution in [0.4, 0.5) is 26.3 Å². The largest absolute Gasteiger partial charge is 0.467 e. The number of hydrogen-bond acceptors (Lipinski definition) is 3. The van der Waals surface area contributed by atoms with Crippen LogP contribution in [0.15, 0.2) is 35.5 Å². The van der Waals surface area contributed by atoms with Crippen molar-refractivity contribution in [3.05, 3.63) is 41.7 Å². The molecule has 0 spiro atoms. The first kappa shape index (κ1) is 16.9. The van der Waals surface area contributed by atoms with Crippen molar-refractivity contribution in [3.8, 4) is 0 Å². The fourth-order valence-corrected chi connectivity index (χ4v) is 3.19. The molecule has 0 aliphatic carbocycles. The Balaban J connectivity index is 1.99. The van der Waals surface area contributed by atoms with Crippen molar-refractivity contribution in [3.63, 3.8) is 0 Å². The van der Waals surface area contributed by atoms with Crippen molar-refractivity contribution < 1.29 is 30.6 Å². The first-order valence-electron chi connectivity index (χ1n) is 6.65. The zero-order valence-corrected chi connectivity index (χ0v) is 12.5. The molecule has 0 radical (unpaired) electrons. The molecule has 0 amide bonds. The summed E-state index contributed by atoms with van der Waals surface area (Å²) >= 11 is 0. The molecular weight excluding hydrogens is 360 g/mol. The normalized spacial score (nSPS) is 22.4. The van der Waals surface area contributed by atoms with Crippen molar-refractivity contribution in [2.45, 2.75) is 35.2 Å². The van der Waals surface area contributed by atoms with Crippen LogP contribution in [0.1, 0.15) is 30.0 Å². The highest BCUT2D eigenvalue weighted by Gasteiger charge is 2.64. The van der Waals surface area contributed by atoms with Gasteiger partial charge in [-0.3, -0.25) is 0 Å². The first-order valence-corrected chi connectivity index (χ1v) is 7.80. The molecule has 1 aromatic heterocycles. The molecule has 1 aliphatic rings. The third-order valence-corrected chi connectivity index (χ3v) is 4.76. The van der Waals surface area contributed by atoms with E-state index in [1.165, 1.54) is 0 Å². The maximum absolute atomic E-state index is 14.0. The summed E-state index contributed by atoms with van der Waals surface area (Å²) in [6.45, 7) is 0. The van der Waals surface area contributed by atoms with E-state index in [-0.39, 0.29) is 6.42 Å². The van der Waals surface area contributed by atoms with Gasteiger partial charge in [-0.05, 0) is 5.56 Å². The molecule has 24 heavy (non-hydrogen) atoms. The van der Waals surface area contributed by atoms with Crippen molar-refractivity contribution in [2.75, 3.05) is 0 Å². The van der Waals surface area contributed by atoms with Gasteiger partial charge in [0.25, 0.3) is 0 Å². The van der Waals surface area contributed by atoms with Gasteiger partial charge in [-0.25, -0.2) is 18.3 Å². The predicted molar refractivity (Wildman–Crippen MR) is 70.5 cm³/mol. The van der Waals surface area contributed by atoms with Gasteiger partial charge in [0.15, 0.2) is 22.8 Å². The van der Waals surface area contributed by atoms with Gasteiger partial charge in [-0.1, -0.05) is 30.3 Å². The highest BCUT2D eigenvalue weighted by Crippen LogP contribution is 2.43. The summed E-state index contributed by atoms with van der Waals surface area (Å²) in [4.78, 5) is 3.32. The number of rotatable bonds is 3.